The van der Waals surface area contributed by atoms with Gasteiger partial charge in [0.25, 0.3) is 11.8 Å². The molecule has 5 aromatic rings. The van der Waals surface area contributed by atoms with Gasteiger partial charge in [-0.25, -0.2) is 8.78 Å². The van der Waals surface area contributed by atoms with Crippen molar-refractivity contribution < 1.29 is 37.8 Å². The van der Waals surface area contributed by atoms with Crippen molar-refractivity contribution >= 4 is 56.8 Å². The third-order valence-electron chi connectivity index (χ3n) is 16.5. The fourth-order valence-corrected chi connectivity index (χ4v) is 12.4. The van der Waals surface area contributed by atoms with E-state index >= 15 is 8.78 Å². The standard InChI is InChI=1S/C54H59F2N9O6/c1-2-32-4-3-5-33-22-37(66)24-40(45(32)33)46-42(55)25-41-48(47(46)56)59-53(60-49(41)64-27-34-6-7-35(28-64)57-34)71-30-54(14-15-54)29-62-16-12-31(13-17-62)26-61-18-20-63(21-19-61)36-8-9-38-39(23-36)52(70)65(51(38)69)43-10-11-44(67)58-50(43)68/h3-5,8-9,22-25,31,34-35,43,57,66H,2,6-7,10-21,26-30H2,1H3,(H,58,67,68). The van der Waals surface area contributed by atoms with Gasteiger partial charge >= 0.3 is 6.01 Å². The number of hydrogen-bond donors (Lipinski definition) is 3. The Hall–Kier alpha value is -6.30. The second kappa shape index (κ2) is 18.1. The minimum Gasteiger partial charge on any atom is -0.508 e. The number of amides is 4. The van der Waals surface area contributed by atoms with Crippen LogP contribution < -0.4 is 25.2 Å². The zero-order valence-corrected chi connectivity index (χ0v) is 40.0. The van der Waals surface area contributed by atoms with Crippen molar-refractivity contribution in [2.75, 3.05) is 81.9 Å². The van der Waals surface area contributed by atoms with Gasteiger partial charge in [0.2, 0.25) is 11.8 Å². The summed E-state index contributed by atoms with van der Waals surface area (Å²) >= 11 is 0. The lowest BCUT2D eigenvalue weighted by atomic mass is 9.92. The molecule has 7 aliphatic rings. The Labute approximate surface area is 410 Å². The molecule has 0 spiro atoms. The minimum atomic E-state index is -0.987. The number of fused-ring (bicyclic) bond motifs is 5. The van der Waals surface area contributed by atoms with Gasteiger partial charge in [-0.05, 0) is 129 Å². The first kappa shape index (κ1) is 45.8. The average molecular weight is 968 g/mol. The predicted molar refractivity (Wildman–Crippen MR) is 264 cm³/mol. The monoisotopic (exact) mass is 967 g/mol. The Kier molecular flexibility index (Phi) is 11.7. The number of aromatic nitrogens is 2. The maximum Gasteiger partial charge on any atom is 0.319 e. The fraction of sp³-hybridized carbons (Fsp3) is 0.481. The number of hydrogen-bond acceptors (Lipinski definition) is 13. The molecule has 3 atom stereocenters. The van der Waals surface area contributed by atoms with Crippen LogP contribution in [-0.2, 0) is 16.0 Å². The van der Waals surface area contributed by atoms with Gasteiger partial charge in [0.1, 0.15) is 28.9 Å². The first-order valence-corrected chi connectivity index (χ1v) is 25.5. The summed E-state index contributed by atoms with van der Waals surface area (Å²) in [6, 6.07) is 15.1. The molecule has 71 heavy (non-hydrogen) atoms. The van der Waals surface area contributed by atoms with Gasteiger partial charge in [0.15, 0.2) is 5.82 Å². The molecule has 6 fully saturated rings. The lowest BCUT2D eigenvalue weighted by Crippen LogP contribution is -2.54. The van der Waals surface area contributed by atoms with Crippen LogP contribution in [0.3, 0.4) is 0 Å². The van der Waals surface area contributed by atoms with E-state index in [-0.39, 0.29) is 64.3 Å². The van der Waals surface area contributed by atoms with Gasteiger partial charge in [-0.3, -0.25) is 34.3 Å². The molecule has 0 radical (unpaired) electrons. The van der Waals surface area contributed by atoms with Crippen LogP contribution in [0.4, 0.5) is 20.3 Å². The summed E-state index contributed by atoms with van der Waals surface area (Å²) in [4.78, 5) is 71.0. The highest BCUT2D eigenvalue weighted by Gasteiger charge is 2.47. The fourth-order valence-electron chi connectivity index (χ4n) is 12.4. The molecule has 4 aromatic carbocycles. The number of piperazine rings is 2. The van der Waals surface area contributed by atoms with Crippen molar-refractivity contribution in [2.24, 2.45) is 11.3 Å². The van der Waals surface area contributed by atoms with E-state index in [0.29, 0.717) is 59.6 Å². The smallest absolute Gasteiger partial charge is 0.319 e. The van der Waals surface area contributed by atoms with Crippen LogP contribution in [-0.4, -0.2) is 144 Å². The molecule has 2 bridgehead atoms. The van der Waals surface area contributed by atoms with Crippen molar-refractivity contribution in [2.45, 2.75) is 82.8 Å². The van der Waals surface area contributed by atoms with E-state index in [1.54, 1.807) is 18.2 Å². The molecule has 15 nitrogen and oxygen atoms in total. The Bertz CT molecular complexity index is 2990. The quantitative estimate of drug-likeness (QED) is 0.124. The second-order valence-corrected chi connectivity index (χ2v) is 21.2. The lowest BCUT2D eigenvalue weighted by molar-refractivity contribution is -0.136. The minimum absolute atomic E-state index is 0.00332. The summed E-state index contributed by atoms with van der Waals surface area (Å²) in [5.74, 6) is -2.55. The number of phenols is 1. The Balaban J connectivity index is 0.688. The normalized spacial score (nSPS) is 23.8. The number of rotatable bonds is 12. The van der Waals surface area contributed by atoms with Gasteiger partial charge < -0.3 is 29.9 Å². The van der Waals surface area contributed by atoms with Crippen LogP contribution >= 0.6 is 0 Å². The summed E-state index contributed by atoms with van der Waals surface area (Å²) in [7, 11) is 0. The molecule has 3 N–H and O–H groups in total. The summed E-state index contributed by atoms with van der Waals surface area (Å²) in [6.07, 6.45) is 7.14. The molecule has 370 valence electrons. The van der Waals surface area contributed by atoms with Crippen LogP contribution in [0.1, 0.15) is 84.6 Å². The second-order valence-electron chi connectivity index (χ2n) is 21.2. The number of nitrogens with one attached hydrogen (secondary N) is 2. The number of aromatic hydroxyl groups is 1. The molecule has 1 aliphatic carbocycles. The summed E-state index contributed by atoms with van der Waals surface area (Å²) in [6.45, 7) is 11.0. The van der Waals surface area contributed by atoms with Gasteiger partial charge in [-0.2, -0.15) is 9.97 Å². The number of phenolic OH excluding ortho intramolecular Hbond substituents is 1. The zero-order chi connectivity index (χ0) is 48.7. The average Bonchev–Trinajstić information content (AvgIpc) is 3.99. The molecule has 5 saturated heterocycles. The van der Waals surface area contributed by atoms with Gasteiger partial charge in [0, 0.05) is 87.4 Å². The number of halogens is 2. The molecule has 17 heteroatoms. The van der Waals surface area contributed by atoms with Crippen LogP contribution in [0.25, 0.3) is 32.8 Å². The van der Waals surface area contributed by atoms with Crippen molar-refractivity contribution in [3.05, 3.63) is 82.9 Å². The van der Waals surface area contributed by atoms with E-state index in [9.17, 15) is 24.3 Å². The third kappa shape index (κ3) is 8.52. The Morgan fingerprint density at radius 1 is 0.803 bits per heavy atom. The Morgan fingerprint density at radius 2 is 1.56 bits per heavy atom. The highest BCUT2D eigenvalue weighted by molar-refractivity contribution is 6.23. The van der Waals surface area contributed by atoms with E-state index in [0.717, 1.165) is 107 Å². The summed E-state index contributed by atoms with van der Waals surface area (Å²) < 4.78 is 40.3. The molecule has 4 amide bonds. The van der Waals surface area contributed by atoms with E-state index < -0.39 is 41.3 Å². The number of ether oxygens (including phenoxy) is 1. The number of carbonyl (C=O) groups excluding carboxylic acids is 4. The maximum atomic E-state index is 17.3. The molecule has 3 unspecified atom stereocenters. The number of imide groups is 2. The largest absolute Gasteiger partial charge is 0.508 e. The van der Waals surface area contributed by atoms with Crippen LogP contribution in [0.2, 0.25) is 0 Å². The molecule has 6 aliphatic heterocycles. The Morgan fingerprint density at radius 3 is 2.30 bits per heavy atom. The van der Waals surface area contributed by atoms with Crippen LogP contribution in [0, 0.1) is 23.0 Å². The molecular weight excluding hydrogens is 909 g/mol. The van der Waals surface area contributed by atoms with Gasteiger partial charge in [0.05, 0.1) is 23.3 Å². The van der Waals surface area contributed by atoms with Crippen molar-refractivity contribution in [1.82, 2.24) is 35.3 Å². The van der Waals surface area contributed by atoms with E-state index in [2.05, 4.69) is 30.2 Å². The number of anilines is 2. The van der Waals surface area contributed by atoms with Crippen LogP contribution in [0.5, 0.6) is 11.8 Å². The molecule has 1 aromatic heterocycles. The first-order valence-electron chi connectivity index (χ1n) is 25.5. The van der Waals surface area contributed by atoms with E-state index in [1.807, 2.05) is 31.2 Å². The number of likely N-dealkylation sites (tertiary alicyclic amines) is 1. The lowest BCUT2D eigenvalue weighted by Gasteiger charge is -2.40. The predicted octanol–water partition coefficient (Wildman–Crippen LogP) is 6.03. The van der Waals surface area contributed by atoms with Crippen molar-refractivity contribution in [1.29, 1.82) is 0 Å². The number of aryl methyl sites for hydroxylation is 1. The number of nitrogens with zero attached hydrogens (tertiary/aromatic N) is 7. The van der Waals surface area contributed by atoms with Crippen molar-refractivity contribution in [3.8, 4) is 22.9 Å². The number of carbonyl (C=O) groups is 4. The zero-order valence-electron chi connectivity index (χ0n) is 40.0. The molecule has 7 heterocycles. The third-order valence-corrected chi connectivity index (χ3v) is 16.5. The van der Waals surface area contributed by atoms with Gasteiger partial charge in [-0.1, -0.05) is 25.1 Å². The summed E-state index contributed by atoms with van der Waals surface area (Å²) in [5, 5.41) is 18.4. The topological polar surface area (TPSA) is 164 Å². The SMILES string of the molecule is CCc1cccc2cc(O)cc(-c3c(F)cc4c(N5CC6CCC(C5)N6)nc(OCC5(CN6CCC(CN7CCN(c8ccc9c(c8)C(=O)N(C8CCC(=O)NC8=O)C9=O)CC7)CC6)CC5)nc4c3F)c12. The highest BCUT2D eigenvalue weighted by Crippen LogP contribution is 2.48. The van der Waals surface area contributed by atoms with Crippen molar-refractivity contribution in [3.63, 3.8) is 0 Å². The van der Waals surface area contributed by atoms with E-state index in [1.165, 1.54) is 12.1 Å². The number of piperidine rings is 2. The number of benzene rings is 4. The molecule has 1 saturated carbocycles. The molecular formula is C54H59F2N9O6. The maximum absolute atomic E-state index is 17.3. The van der Waals surface area contributed by atoms with Gasteiger partial charge in [-0.15, -0.1) is 0 Å². The highest BCUT2D eigenvalue weighted by atomic mass is 19.1. The molecule has 12 rings (SSSR count). The van der Waals surface area contributed by atoms with Crippen LogP contribution in [0.15, 0.2) is 54.6 Å². The summed E-state index contributed by atoms with van der Waals surface area (Å²) in [5.41, 5.74) is 2.39. The van der Waals surface area contributed by atoms with E-state index in [4.69, 9.17) is 14.7 Å². The first-order chi connectivity index (χ1) is 34.4.